The fourth-order valence-electron chi connectivity index (χ4n) is 2.27. The molecule has 0 saturated carbocycles. The minimum absolute atomic E-state index is 0. The van der Waals surface area contributed by atoms with E-state index in [2.05, 4.69) is 26.7 Å². The lowest BCUT2D eigenvalue weighted by atomic mass is 10.3. The van der Waals surface area contributed by atoms with Crippen LogP contribution >= 0.6 is 12.4 Å². The highest BCUT2D eigenvalue weighted by Crippen LogP contribution is 2.28. The Bertz CT molecular complexity index is 886. The van der Waals surface area contributed by atoms with Crippen molar-refractivity contribution in [3.8, 4) is 17.5 Å². The average Bonchev–Trinajstić information content (AvgIpc) is 2.68. The molecular weight excluding hydrogens is 444 g/mol. The number of halogens is 3. The Morgan fingerprint density at radius 3 is 2.40 bits per heavy atom. The third-order valence-corrected chi connectivity index (χ3v) is 4.97. The summed E-state index contributed by atoms with van der Waals surface area (Å²) >= 11 is 0. The molecule has 0 radical (unpaired) electrons. The van der Waals surface area contributed by atoms with Gasteiger partial charge in [0.05, 0.1) is 12.0 Å². The summed E-state index contributed by atoms with van der Waals surface area (Å²) in [6.45, 7) is 1.00. The summed E-state index contributed by atoms with van der Waals surface area (Å²) in [5.41, 5.74) is 0.108. The molecule has 168 valence electrons. The molecule has 2 aromatic rings. The van der Waals surface area contributed by atoms with E-state index >= 15 is 0 Å². The van der Waals surface area contributed by atoms with E-state index in [-0.39, 0.29) is 40.5 Å². The largest absolute Gasteiger partial charge is 0.479 e. The number of hydrogen-bond donors (Lipinski definition) is 2. The van der Waals surface area contributed by atoms with Crippen molar-refractivity contribution in [3.63, 3.8) is 0 Å². The van der Waals surface area contributed by atoms with Crippen molar-refractivity contribution in [1.82, 2.24) is 10.3 Å². The Morgan fingerprint density at radius 2 is 1.80 bits per heavy atom. The van der Waals surface area contributed by atoms with Gasteiger partial charge < -0.3 is 19.5 Å². The molecule has 0 aliphatic carbocycles. The van der Waals surface area contributed by atoms with Gasteiger partial charge >= 0.3 is 6.61 Å². The van der Waals surface area contributed by atoms with E-state index in [0.29, 0.717) is 13.2 Å². The molecule has 0 unspecified atom stereocenters. The molecule has 1 aromatic carbocycles. The van der Waals surface area contributed by atoms with Crippen molar-refractivity contribution < 1.29 is 31.4 Å². The van der Waals surface area contributed by atoms with E-state index < -0.39 is 16.6 Å². The van der Waals surface area contributed by atoms with Crippen LogP contribution < -0.4 is 24.2 Å². The van der Waals surface area contributed by atoms with Gasteiger partial charge in [0.1, 0.15) is 18.0 Å². The molecular formula is C18H24ClF2N3O5S. The number of nitrogens with zero attached hydrogens (tertiary/aromatic N) is 1. The summed E-state index contributed by atoms with van der Waals surface area (Å²) in [4.78, 5) is 4.00. The Kier molecular flexibility index (Phi) is 10.6. The van der Waals surface area contributed by atoms with Crippen molar-refractivity contribution >= 4 is 28.1 Å². The first-order valence-electron chi connectivity index (χ1n) is 8.82. The van der Waals surface area contributed by atoms with Gasteiger partial charge in [-0.2, -0.15) is 13.8 Å². The van der Waals surface area contributed by atoms with Crippen LogP contribution in [0, 0.1) is 0 Å². The summed E-state index contributed by atoms with van der Waals surface area (Å²) in [5.74, 6) is 0.176. The Morgan fingerprint density at radius 1 is 1.10 bits per heavy atom. The van der Waals surface area contributed by atoms with Crippen molar-refractivity contribution in [1.29, 1.82) is 0 Å². The fraction of sp³-hybridized carbons (Fsp3) is 0.389. The number of rotatable bonds is 12. The quantitative estimate of drug-likeness (QED) is 0.462. The molecule has 0 spiro atoms. The fourth-order valence-corrected chi connectivity index (χ4v) is 3.33. The summed E-state index contributed by atoms with van der Waals surface area (Å²) in [5, 5.41) is 3.18. The number of ether oxygens (including phenoxy) is 3. The molecule has 0 atom stereocenters. The first kappa shape index (κ1) is 25.7. The van der Waals surface area contributed by atoms with Crippen LogP contribution in [0.1, 0.15) is 13.3 Å². The van der Waals surface area contributed by atoms with Gasteiger partial charge in [-0.05, 0) is 43.3 Å². The highest BCUT2D eigenvalue weighted by atomic mass is 35.5. The van der Waals surface area contributed by atoms with Gasteiger partial charge in [-0.3, -0.25) is 4.72 Å². The molecule has 2 rings (SSSR count). The zero-order valence-electron chi connectivity index (χ0n) is 16.4. The van der Waals surface area contributed by atoms with Crippen LogP contribution in [-0.4, -0.2) is 46.8 Å². The first-order valence-corrected chi connectivity index (χ1v) is 10.3. The number of anilines is 1. The Labute approximate surface area is 180 Å². The second-order valence-corrected chi connectivity index (χ2v) is 7.44. The molecule has 30 heavy (non-hydrogen) atoms. The van der Waals surface area contributed by atoms with Gasteiger partial charge in [-0.15, -0.1) is 12.4 Å². The zero-order chi connectivity index (χ0) is 21.3. The minimum Gasteiger partial charge on any atom is -0.479 e. The number of benzene rings is 1. The maximum Gasteiger partial charge on any atom is 0.387 e. The monoisotopic (exact) mass is 467 g/mol. The molecule has 0 saturated heterocycles. The highest BCUT2D eigenvalue weighted by molar-refractivity contribution is 7.92. The SMILES string of the molecule is CCCNCCOc1ccc(NS(=O)(=O)c2ccc(OC(F)F)cc2)c(OC)n1.Cl. The minimum atomic E-state index is -4.00. The molecule has 1 heterocycles. The lowest BCUT2D eigenvalue weighted by molar-refractivity contribution is -0.0498. The smallest absolute Gasteiger partial charge is 0.387 e. The average molecular weight is 468 g/mol. The van der Waals surface area contributed by atoms with Crippen molar-refractivity contribution in [2.75, 3.05) is 31.5 Å². The van der Waals surface area contributed by atoms with Gasteiger partial charge in [0.25, 0.3) is 10.0 Å². The van der Waals surface area contributed by atoms with Crippen LogP contribution in [-0.2, 0) is 10.0 Å². The van der Waals surface area contributed by atoms with E-state index in [1.165, 1.54) is 19.2 Å². The molecule has 0 fully saturated rings. The topological polar surface area (TPSA) is 98.8 Å². The summed E-state index contributed by atoms with van der Waals surface area (Å²) < 4.78 is 66.7. The van der Waals surface area contributed by atoms with E-state index in [4.69, 9.17) is 9.47 Å². The summed E-state index contributed by atoms with van der Waals surface area (Å²) in [6.07, 6.45) is 1.02. The van der Waals surface area contributed by atoms with Crippen LogP contribution in [0.5, 0.6) is 17.5 Å². The lowest BCUT2D eigenvalue weighted by Crippen LogP contribution is -2.21. The highest BCUT2D eigenvalue weighted by Gasteiger charge is 2.18. The number of alkyl halides is 2. The van der Waals surface area contributed by atoms with Gasteiger partial charge in [-0.1, -0.05) is 6.92 Å². The predicted octanol–water partition coefficient (Wildman–Crippen LogP) is 3.29. The second kappa shape index (κ2) is 12.4. The van der Waals surface area contributed by atoms with Gasteiger partial charge in [0.2, 0.25) is 11.8 Å². The third kappa shape index (κ3) is 7.81. The maximum atomic E-state index is 12.5. The van der Waals surface area contributed by atoms with Crippen molar-refractivity contribution in [3.05, 3.63) is 36.4 Å². The molecule has 12 heteroatoms. The lowest BCUT2D eigenvalue weighted by Gasteiger charge is -2.13. The van der Waals surface area contributed by atoms with Crippen molar-refractivity contribution in [2.24, 2.45) is 0 Å². The molecule has 0 aliphatic heterocycles. The molecule has 0 amide bonds. The second-order valence-electron chi connectivity index (χ2n) is 5.76. The van der Waals surface area contributed by atoms with Crippen LogP contribution in [0.2, 0.25) is 0 Å². The number of nitrogens with one attached hydrogen (secondary N) is 2. The molecule has 2 N–H and O–H groups in total. The standard InChI is InChI=1S/C18H23F2N3O5S.ClH/c1-3-10-21-11-12-27-16-9-8-15(17(22-16)26-2)23-29(24,25)14-6-4-13(5-7-14)28-18(19)20;/h4-9,18,21,23H,3,10-12H2,1-2H3;1H. The number of pyridine rings is 1. The van der Waals surface area contributed by atoms with Crippen LogP contribution in [0.25, 0.3) is 0 Å². The van der Waals surface area contributed by atoms with E-state index in [0.717, 1.165) is 37.2 Å². The zero-order valence-corrected chi connectivity index (χ0v) is 18.1. The molecule has 8 nitrogen and oxygen atoms in total. The number of aromatic nitrogens is 1. The maximum absolute atomic E-state index is 12.5. The van der Waals surface area contributed by atoms with Gasteiger partial charge in [0.15, 0.2) is 0 Å². The van der Waals surface area contributed by atoms with Gasteiger partial charge in [-0.25, -0.2) is 8.42 Å². The van der Waals surface area contributed by atoms with E-state index in [1.807, 2.05) is 0 Å². The molecule has 0 aliphatic rings. The summed E-state index contributed by atoms with van der Waals surface area (Å²) in [7, 11) is -2.64. The number of hydrogen-bond acceptors (Lipinski definition) is 7. The number of sulfonamides is 1. The van der Waals surface area contributed by atoms with E-state index in [9.17, 15) is 17.2 Å². The van der Waals surface area contributed by atoms with Crippen LogP contribution in [0.4, 0.5) is 14.5 Å². The first-order chi connectivity index (χ1) is 13.9. The van der Waals surface area contributed by atoms with Crippen LogP contribution in [0.15, 0.2) is 41.3 Å². The van der Waals surface area contributed by atoms with Gasteiger partial charge in [0, 0.05) is 12.6 Å². The predicted molar refractivity (Wildman–Crippen MR) is 111 cm³/mol. The third-order valence-electron chi connectivity index (χ3n) is 3.59. The Balaban J connectivity index is 0.00000450. The molecule has 1 aromatic heterocycles. The van der Waals surface area contributed by atoms with Crippen LogP contribution in [0.3, 0.4) is 0 Å². The van der Waals surface area contributed by atoms with Crippen molar-refractivity contribution in [2.45, 2.75) is 24.9 Å². The van der Waals surface area contributed by atoms with E-state index in [1.54, 1.807) is 0 Å². The summed E-state index contributed by atoms with van der Waals surface area (Å²) in [6, 6.07) is 7.56. The normalized spacial score (nSPS) is 11.0. The number of methoxy groups -OCH3 is 1. The Hall–Kier alpha value is -2.37. The molecule has 0 bridgehead atoms.